The Morgan fingerprint density at radius 1 is 1.34 bits per heavy atom. The van der Waals surface area contributed by atoms with E-state index >= 15 is 0 Å². The number of carbonyl (C=O) groups is 1. The zero-order valence-corrected chi connectivity index (χ0v) is 15.3. The minimum absolute atomic E-state index is 0.0491. The van der Waals surface area contributed by atoms with Crippen LogP contribution in [-0.2, 0) is 4.74 Å². The Hall–Kier alpha value is -2.01. The number of hydrogen-bond donors (Lipinski definition) is 2. The summed E-state index contributed by atoms with van der Waals surface area (Å²) in [6.45, 7) is -1.03. The van der Waals surface area contributed by atoms with Crippen LogP contribution in [0, 0.1) is 5.92 Å². The summed E-state index contributed by atoms with van der Waals surface area (Å²) in [6, 6.07) is 2.16. The number of hydrogen-bond acceptors (Lipinski definition) is 4. The number of pyridine rings is 1. The van der Waals surface area contributed by atoms with Gasteiger partial charge in [-0.3, -0.25) is 4.98 Å². The number of carboxylic acid groups (broad SMARTS) is 1. The lowest BCUT2D eigenvalue weighted by molar-refractivity contribution is -0.225. The molecular weight excluding hydrogens is 403 g/mol. The number of nitrogens with zero attached hydrogens (tertiary/aromatic N) is 2. The molecule has 0 bridgehead atoms. The molecule has 2 aliphatic rings. The molecule has 29 heavy (non-hydrogen) atoms. The second kappa shape index (κ2) is 8.02. The van der Waals surface area contributed by atoms with Crippen molar-refractivity contribution in [1.29, 1.82) is 0 Å². The third-order valence-corrected chi connectivity index (χ3v) is 5.77. The van der Waals surface area contributed by atoms with Gasteiger partial charge < -0.3 is 19.8 Å². The molecule has 0 radical (unpaired) electrons. The van der Waals surface area contributed by atoms with E-state index in [1.54, 1.807) is 0 Å². The van der Waals surface area contributed by atoms with Crippen LogP contribution in [0.25, 0.3) is 0 Å². The third kappa shape index (κ3) is 4.45. The molecule has 0 aliphatic carbocycles. The van der Waals surface area contributed by atoms with Crippen molar-refractivity contribution < 1.29 is 41.7 Å². The summed E-state index contributed by atoms with van der Waals surface area (Å²) in [5.74, 6) is -3.16. The summed E-state index contributed by atoms with van der Waals surface area (Å²) in [7, 11) is 0. The fourth-order valence-corrected chi connectivity index (χ4v) is 4.20. The molecule has 6 nitrogen and oxygen atoms in total. The van der Waals surface area contributed by atoms with E-state index in [9.17, 15) is 31.9 Å². The van der Waals surface area contributed by atoms with Crippen molar-refractivity contribution in [2.45, 2.75) is 49.5 Å². The highest BCUT2D eigenvalue weighted by atomic mass is 19.4. The van der Waals surface area contributed by atoms with Crippen molar-refractivity contribution in [3.8, 4) is 0 Å². The van der Waals surface area contributed by atoms with Gasteiger partial charge in [-0.15, -0.1) is 0 Å². The van der Waals surface area contributed by atoms with E-state index in [1.165, 1.54) is 0 Å². The molecule has 1 aromatic heterocycles. The number of ether oxygens (including phenoxy) is 1. The zero-order valence-electron chi connectivity index (χ0n) is 15.3. The number of aliphatic hydroxyl groups excluding tert-OH is 1. The lowest BCUT2D eigenvalue weighted by Crippen LogP contribution is -2.47. The minimum atomic E-state index is -4.76. The van der Waals surface area contributed by atoms with Crippen LogP contribution in [0.1, 0.15) is 42.9 Å². The highest BCUT2D eigenvalue weighted by Gasteiger charge is 2.57. The molecule has 11 heteroatoms. The van der Waals surface area contributed by atoms with Gasteiger partial charge in [0.25, 0.3) is 6.43 Å². The lowest BCUT2D eigenvalue weighted by Gasteiger charge is -2.38. The first-order valence-electron chi connectivity index (χ1n) is 9.13. The summed E-state index contributed by atoms with van der Waals surface area (Å²) in [4.78, 5) is 16.3. The molecule has 2 unspecified atom stereocenters. The largest absolute Gasteiger partial charge is 0.465 e. The van der Waals surface area contributed by atoms with Crippen LogP contribution in [0.15, 0.2) is 18.3 Å². The number of aliphatic hydroxyl groups is 1. The van der Waals surface area contributed by atoms with Gasteiger partial charge in [-0.05, 0) is 31.4 Å². The summed E-state index contributed by atoms with van der Waals surface area (Å²) < 4.78 is 72.6. The van der Waals surface area contributed by atoms with Crippen LogP contribution in [0.5, 0.6) is 0 Å². The normalized spacial score (nSPS) is 25.6. The van der Waals surface area contributed by atoms with Gasteiger partial charge in [0.05, 0.1) is 18.3 Å². The van der Waals surface area contributed by atoms with Crippen LogP contribution in [0.3, 0.4) is 0 Å². The molecule has 3 heterocycles. The van der Waals surface area contributed by atoms with Crippen molar-refractivity contribution in [2.75, 3.05) is 19.7 Å². The summed E-state index contributed by atoms with van der Waals surface area (Å²) in [5.41, 5.74) is -1.33. The van der Waals surface area contributed by atoms with Gasteiger partial charge in [-0.2, -0.15) is 13.2 Å². The first-order valence-corrected chi connectivity index (χ1v) is 9.13. The number of alkyl halides is 5. The maximum atomic E-state index is 13.5. The predicted molar refractivity (Wildman–Crippen MR) is 89.6 cm³/mol. The first kappa shape index (κ1) is 21.7. The smallest absolute Gasteiger partial charge is 0.407 e. The monoisotopic (exact) mass is 424 g/mol. The summed E-state index contributed by atoms with van der Waals surface area (Å²) >= 11 is 0. The molecule has 3 rings (SSSR count). The number of aromatic nitrogens is 1. The molecule has 0 saturated carbocycles. The second-order valence-corrected chi connectivity index (χ2v) is 7.49. The second-order valence-electron chi connectivity index (χ2n) is 7.49. The third-order valence-electron chi connectivity index (χ3n) is 5.77. The van der Waals surface area contributed by atoms with E-state index < -0.39 is 48.8 Å². The van der Waals surface area contributed by atoms with Gasteiger partial charge in [-0.1, -0.05) is 0 Å². The summed E-state index contributed by atoms with van der Waals surface area (Å²) in [5, 5.41) is 18.5. The molecule has 162 valence electrons. The van der Waals surface area contributed by atoms with Gasteiger partial charge in [0.2, 0.25) is 0 Å². The fraction of sp³-hybridized carbons (Fsp3) is 0.667. The molecule has 3 atom stereocenters. The number of rotatable bonds is 4. The Bertz CT molecular complexity index is 737. The minimum Gasteiger partial charge on any atom is -0.465 e. The van der Waals surface area contributed by atoms with E-state index in [1.807, 2.05) is 0 Å². The quantitative estimate of drug-likeness (QED) is 0.722. The molecule has 2 aliphatic heterocycles. The predicted octanol–water partition coefficient (Wildman–Crippen LogP) is 3.58. The number of halogens is 5. The molecule has 1 amide bonds. The van der Waals surface area contributed by atoms with Crippen molar-refractivity contribution in [3.63, 3.8) is 0 Å². The zero-order chi connectivity index (χ0) is 21.4. The van der Waals surface area contributed by atoms with E-state index in [-0.39, 0.29) is 43.6 Å². The topological polar surface area (TPSA) is 82.9 Å². The molecule has 2 saturated heterocycles. The van der Waals surface area contributed by atoms with Gasteiger partial charge >= 0.3 is 12.3 Å². The van der Waals surface area contributed by atoms with Crippen molar-refractivity contribution in [2.24, 2.45) is 5.92 Å². The van der Waals surface area contributed by atoms with E-state index in [0.29, 0.717) is 0 Å². The molecule has 0 aromatic carbocycles. The van der Waals surface area contributed by atoms with Crippen LogP contribution >= 0.6 is 0 Å². The van der Waals surface area contributed by atoms with Gasteiger partial charge in [-0.25, -0.2) is 13.6 Å². The van der Waals surface area contributed by atoms with Crippen molar-refractivity contribution in [1.82, 2.24) is 9.88 Å². The molecule has 2 N–H and O–H groups in total. The van der Waals surface area contributed by atoms with Crippen molar-refractivity contribution in [3.05, 3.63) is 29.6 Å². The average Bonchev–Trinajstić information content (AvgIpc) is 3.00. The van der Waals surface area contributed by atoms with Crippen LogP contribution in [0.2, 0.25) is 0 Å². The highest BCUT2D eigenvalue weighted by Crippen LogP contribution is 2.51. The Morgan fingerprint density at radius 3 is 2.52 bits per heavy atom. The van der Waals surface area contributed by atoms with E-state index in [0.717, 1.165) is 23.2 Å². The van der Waals surface area contributed by atoms with Crippen molar-refractivity contribution >= 4 is 6.09 Å². The Balaban J connectivity index is 1.93. The van der Waals surface area contributed by atoms with Gasteiger partial charge in [0, 0.05) is 36.5 Å². The highest BCUT2D eigenvalue weighted by molar-refractivity contribution is 5.65. The van der Waals surface area contributed by atoms with Gasteiger partial charge in [0.1, 0.15) is 5.92 Å². The number of likely N-dealkylation sites (tertiary alicyclic amines) is 1. The van der Waals surface area contributed by atoms with Gasteiger partial charge in [0.15, 0.2) is 0 Å². The van der Waals surface area contributed by atoms with Crippen LogP contribution < -0.4 is 0 Å². The fourth-order valence-electron chi connectivity index (χ4n) is 4.20. The average molecular weight is 424 g/mol. The number of piperidine rings is 1. The van der Waals surface area contributed by atoms with Crippen LogP contribution in [-0.4, -0.2) is 63.8 Å². The Labute approximate surface area is 163 Å². The number of amides is 1. The molecular formula is C18H21F5N2O4. The first-order chi connectivity index (χ1) is 13.6. The maximum absolute atomic E-state index is 13.5. The SMILES string of the molecule is O=C(O)N1CCC2(CC1)CC(c1cc(C(F)F)ccn1)[C@H](C(CO)C(F)(F)F)O2. The Morgan fingerprint density at radius 2 is 2.00 bits per heavy atom. The van der Waals surface area contributed by atoms with E-state index in [2.05, 4.69) is 4.98 Å². The molecule has 1 spiro atoms. The molecule has 2 fully saturated rings. The summed E-state index contributed by atoms with van der Waals surface area (Å²) in [6.07, 6.45) is -8.64. The standard InChI is InChI=1S/C18H21F5N2O4/c19-15(20)10-1-4-24-13(7-10)11-8-17(2-5-25(6-3-17)16(27)28)29-14(11)12(9-26)18(21,22)23/h1,4,7,11-12,14-15,26H,2-3,5-6,8-9H2,(H,27,28)/t11?,12?,14-/m1/s1. The Kier molecular flexibility index (Phi) is 6.00. The molecule has 1 aromatic rings. The van der Waals surface area contributed by atoms with Crippen LogP contribution in [0.4, 0.5) is 26.7 Å². The lowest BCUT2D eigenvalue weighted by atomic mass is 9.80. The maximum Gasteiger partial charge on any atom is 0.407 e. The van der Waals surface area contributed by atoms with E-state index in [4.69, 9.17) is 9.84 Å².